The molecule has 25 heavy (non-hydrogen) atoms. The van der Waals surface area contributed by atoms with Gasteiger partial charge in [-0.3, -0.25) is 0 Å². The topological polar surface area (TPSA) is 81.7 Å². The summed E-state index contributed by atoms with van der Waals surface area (Å²) in [5.41, 5.74) is -0.417. The van der Waals surface area contributed by atoms with Gasteiger partial charge in [-0.1, -0.05) is 19.4 Å². The SMILES string of the molecule is CCCCN(C)C/C=C/C(=O)OC.CCOC[NH2+]C(=O)OC(C)(C)C. The van der Waals surface area contributed by atoms with Gasteiger partial charge in [0.25, 0.3) is 0 Å². The molecule has 0 aromatic rings. The van der Waals surface area contributed by atoms with E-state index in [0.717, 1.165) is 13.1 Å². The second-order valence-electron chi connectivity index (χ2n) is 6.44. The van der Waals surface area contributed by atoms with Crippen LogP contribution in [0.1, 0.15) is 47.5 Å². The molecule has 0 aliphatic heterocycles. The molecule has 0 aliphatic carbocycles. The smallest absolute Gasteiger partial charge is 0.466 e. The second kappa shape index (κ2) is 16.1. The van der Waals surface area contributed by atoms with Gasteiger partial charge in [0.05, 0.1) is 7.11 Å². The summed E-state index contributed by atoms with van der Waals surface area (Å²) in [7, 11) is 3.42. The van der Waals surface area contributed by atoms with Crippen LogP contribution in [-0.2, 0) is 19.0 Å². The van der Waals surface area contributed by atoms with Crippen molar-refractivity contribution in [1.29, 1.82) is 0 Å². The molecule has 0 saturated carbocycles. The molecule has 7 heteroatoms. The number of hydrogen-bond acceptors (Lipinski definition) is 6. The molecule has 0 heterocycles. The molecule has 0 unspecified atom stereocenters. The first-order valence-corrected chi connectivity index (χ1v) is 8.73. The third-order valence-electron chi connectivity index (χ3n) is 2.74. The predicted molar refractivity (Wildman–Crippen MR) is 98.2 cm³/mol. The molecule has 0 bridgehead atoms. The Kier molecular flexibility index (Phi) is 16.6. The summed E-state index contributed by atoms with van der Waals surface area (Å²) >= 11 is 0. The molecule has 0 aromatic heterocycles. The monoisotopic (exact) mass is 361 g/mol. The van der Waals surface area contributed by atoms with Gasteiger partial charge >= 0.3 is 12.1 Å². The molecular weight excluding hydrogens is 324 g/mol. The van der Waals surface area contributed by atoms with Crippen molar-refractivity contribution in [1.82, 2.24) is 4.90 Å². The highest BCUT2D eigenvalue weighted by molar-refractivity contribution is 5.81. The average Bonchev–Trinajstić information content (AvgIpc) is 2.52. The molecule has 0 aliphatic rings. The maximum Gasteiger partial charge on any atom is 0.515 e. The molecule has 7 nitrogen and oxygen atoms in total. The van der Waals surface area contributed by atoms with Gasteiger partial charge in [0, 0.05) is 19.2 Å². The number of nitrogens with zero attached hydrogens (tertiary/aromatic N) is 1. The van der Waals surface area contributed by atoms with E-state index < -0.39 is 5.60 Å². The van der Waals surface area contributed by atoms with Gasteiger partial charge in [-0.2, -0.15) is 4.79 Å². The zero-order valence-electron chi connectivity index (χ0n) is 17.0. The first kappa shape index (κ1) is 25.8. The summed E-state index contributed by atoms with van der Waals surface area (Å²) in [6.07, 6.45) is 5.35. The number of primary amides is 1. The summed E-state index contributed by atoms with van der Waals surface area (Å²) in [4.78, 5) is 23.8. The number of ether oxygens (including phenoxy) is 3. The van der Waals surface area contributed by atoms with Crippen molar-refractivity contribution in [2.75, 3.05) is 40.6 Å². The number of rotatable bonds is 9. The highest BCUT2D eigenvalue weighted by atomic mass is 16.6. The van der Waals surface area contributed by atoms with Crippen LogP contribution in [0.15, 0.2) is 12.2 Å². The van der Waals surface area contributed by atoms with Crippen LogP contribution in [0, 0.1) is 0 Å². The Morgan fingerprint density at radius 3 is 2.32 bits per heavy atom. The van der Waals surface area contributed by atoms with E-state index in [2.05, 4.69) is 16.6 Å². The van der Waals surface area contributed by atoms with E-state index in [-0.39, 0.29) is 12.1 Å². The fourth-order valence-corrected chi connectivity index (χ4v) is 1.50. The van der Waals surface area contributed by atoms with Crippen molar-refractivity contribution in [3.8, 4) is 0 Å². The summed E-state index contributed by atoms with van der Waals surface area (Å²) in [5.74, 6) is -0.288. The van der Waals surface area contributed by atoms with Crippen LogP contribution in [0.2, 0.25) is 0 Å². The zero-order chi connectivity index (χ0) is 19.7. The van der Waals surface area contributed by atoms with E-state index in [0.29, 0.717) is 13.3 Å². The molecule has 1 amide bonds. The van der Waals surface area contributed by atoms with Gasteiger partial charge in [-0.25, -0.2) is 10.1 Å². The lowest BCUT2D eigenvalue weighted by Gasteiger charge is -2.16. The zero-order valence-corrected chi connectivity index (χ0v) is 17.0. The largest absolute Gasteiger partial charge is 0.515 e. The first-order valence-electron chi connectivity index (χ1n) is 8.73. The highest BCUT2D eigenvalue weighted by Crippen LogP contribution is 2.04. The molecule has 0 fully saturated rings. The van der Waals surface area contributed by atoms with Crippen LogP contribution < -0.4 is 5.32 Å². The molecule has 148 valence electrons. The van der Waals surface area contributed by atoms with E-state index in [4.69, 9.17) is 9.47 Å². The van der Waals surface area contributed by atoms with Crippen molar-refractivity contribution in [3.05, 3.63) is 12.2 Å². The lowest BCUT2D eigenvalue weighted by Crippen LogP contribution is -2.89. The lowest BCUT2D eigenvalue weighted by molar-refractivity contribution is -0.610. The fraction of sp³-hybridized carbons (Fsp3) is 0.778. The van der Waals surface area contributed by atoms with Crippen LogP contribution >= 0.6 is 0 Å². The Morgan fingerprint density at radius 1 is 1.20 bits per heavy atom. The number of carbonyl (C=O) groups is 2. The Balaban J connectivity index is 0. The minimum atomic E-state index is -0.417. The van der Waals surface area contributed by atoms with Crippen molar-refractivity contribution < 1.29 is 29.1 Å². The molecule has 0 aromatic carbocycles. The average molecular weight is 362 g/mol. The number of methoxy groups -OCH3 is 1. The molecule has 0 saturated heterocycles. The highest BCUT2D eigenvalue weighted by Gasteiger charge is 2.18. The number of carbonyl (C=O) groups excluding carboxylic acids is 2. The number of esters is 1. The summed E-state index contributed by atoms with van der Waals surface area (Å²) in [5, 5.41) is 1.40. The Hall–Kier alpha value is -1.44. The van der Waals surface area contributed by atoms with Gasteiger partial charge in [0.15, 0.2) is 6.73 Å². The van der Waals surface area contributed by atoms with Crippen LogP contribution in [0.4, 0.5) is 4.79 Å². The van der Waals surface area contributed by atoms with Crippen LogP contribution in [-0.4, -0.2) is 63.1 Å². The molecule has 0 spiro atoms. The third-order valence-corrected chi connectivity index (χ3v) is 2.74. The van der Waals surface area contributed by atoms with Gasteiger partial charge in [-0.15, -0.1) is 0 Å². The van der Waals surface area contributed by atoms with E-state index in [1.54, 1.807) is 0 Å². The number of unbranched alkanes of at least 4 members (excludes halogenated alkanes) is 1. The second-order valence-corrected chi connectivity index (χ2v) is 6.44. The molecule has 0 atom stereocenters. The molecule has 0 rings (SSSR count). The Morgan fingerprint density at radius 2 is 1.84 bits per heavy atom. The number of likely N-dealkylation sites (N-methyl/N-ethyl adjacent to an activating group) is 1. The minimum absolute atomic E-state index is 0.288. The number of nitrogens with two attached hydrogens (primary N) is 1. The van der Waals surface area contributed by atoms with Gasteiger partial charge in [-0.05, 0) is 47.7 Å². The normalized spacial score (nSPS) is 11.2. The van der Waals surface area contributed by atoms with Crippen molar-refractivity contribution in [2.24, 2.45) is 0 Å². The van der Waals surface area contributed by atoms with Crippen molar-refractivity contribution >= 4 is 12.1 Å². The fourth-order valence-electron chi connectivity index (χ4n) is 1.50. The number of quaternary nitrogens is 1. The Labute approximate surface area is 152 Å². The standard InChI is InChI=1S/C10H19NO2.C8H17NO3/c1-4-5-8-11(2)9-6-7-10(12)13-3;1-5-11-6-9-7(10)12-8(2,3)4/h6-7H,4-5,8-9H2,1-3H3;5-6H2,1-4H3,(H,9,10)/p+1/b7-6+;. The number of hydrogen-bond donors (Lipinski definition) is 1. The van der Waals surface area contributed by atoms with Crippen molar-refractivity contribution in [3.63, 3.8) is 0 Å². The van der Waals surface area contributed by atoms with E-state index in [1.807, 2.05) is 40.8 Å². The predicted octanol–water partition coefficient (Wildman–Crippen LogP) is 1.93. The minimum Gasteiger partial charge on any atom is -0.466 e. The maximum atomic E-state index is 11.0. The quantitative estimate of drug-likeness (QED) is 0.292. The molecule has 2 N–H and O–H groups in total. The Bertz CT molecular complexity index is 378. The van der Waals surface area contributed by atoms with Crippen LogP contribution in [0.5, 0.6) is 0 Å². The van der Waals surface area contributed by atoms with E-state index in [1.165, 1.54) is 31.3 Å². The van der Waals surface area contributed by atoms with Gasteiger partial charge < -0.3 is 19.1 Å². The van der Waals surface area contributed by atoms with Gasteiger partial charge in [0.1, 0.15) is 5.60 Å². The maximum absolute atomic E-state index is 11.0. The van der Waals surface area contributed by atoms with Crippen LogP contribution in [0.3, 0.4) is 0 Å². The lowest BCUT2D eigenvalue weighted by atomic mass is 10.2. The van der Waals surface area contributed by atoms with E-state index in [9.17, 15) is 9.59 Å². The summed E-state index contributed by atoms with van der Waals surface area (Å²) < 4.78 is 14.4. The summed E-state index contributed by atoms with van der Waals surface area (Å²) in [6.45, 7) is 12.3. The summed E-state index contributed by atoms with van der Waals surface area (Å²) in [6, 6.07) is 0. The molecule has 0 radical (unpaired) electrons. The van der Waals surface area contributed by atoms with Crippen molar-refractivity contribution in [2.45, 2.75) is 53.1 Å². The number of amides is 1. The van der Waals surface area contributed by atoms with Gasteiger partial charge in [0.2, 0.25) is 0 Å². The van der Waals surface area contributed by atoms with Crippen LogP contribution in [0.25, 0.3) is 0 Å². The first-order chi connectivity index (χ1) is 11.7. The molecular formula is C18H37N2O5+. The van der Waals surface area contributed by atoms with E-state index >= 15 is 0 Å². The third kappa shape index (κ3) is 22.6.